The fourth-order valence-corrected chi connectivity index (χ4v) is 9.02. The number of carbonyl (C=O) groups is 1. The molecule has 188 valence electrons. The molecule has 4 rings (SSSR count). The molecule has 0 aromatic heterocycles. The van der Waals surface area contributed by atoms with Gasteiger partial charge in [0.2, 0.25) is 0 Å². The molecule has 0 radical (unpaired) electrons. The molecule has 0 aliphatic heterocycles. The first-order chi connectivity index (χ1) is 15.8. The lowest BCUT2D eigenvalue weighted by Gasteiger charge is -2.63. The predicted molar refractivity (Wildman–Crippen MR) is 133 cm³/mol. The first-order valence-corrected chi connectivity index (χ1v) is 13.6. The molecular formula is C28H47NO4. The van der Waals surface area contributed by atoms with Crippen LogP contribution in [0, 0.1) is 51.2 Å². The SMILES string of the molecule is CC.CC(CC/C=C/C=O)C1CCC2C3C(O)C(O)C4CC(N=O)CCC4(C)C3CCC12C. The third-order valence-corrected chi connectivity index (χ3v) is 10.6. The summed E-state index contributed by atoms with van der Waals surface area (Å²) in [7, 11) is 0. The van der Waals surface area contributed by atoms with Crippen LogP contribution in [0.2, 0.25) is 0 Å². The van der Waals surface area contributed by atoms with Gasteiger partial charge in [-0.2, -0.15) is 4.91 Å². The first kappa shape index (κ1) is 26.5. The predicted octanol–water partition coefficient (Wildman–Crippen LogP) is 5.92. The zero-order chi connectivity index (χ0) is 24.4. The number of carbonyl (C=O) groups excluding carboxylic acids is 1. The normalized spacial score (nSPS) is 47.5. The van der Waals surface area contributed by atoms with Gasteiger partial charge in [0.15, 0.2) is 0 Å². The average Bonchev–Trinajstić information content (AvgIpc) is 3.18. The number of fused-ring (bicyclic) bond motifs is 5. The number of rotatable bonds is 6. The second-order valence-electron chi connectivity index (χ2n) is 11.8. The topological polar surface area (TPSA) is 87.0 Å². The molecule has 0 bridgehead atoms. The molecule has 5 heteroatoms. The highest BCUT2D eigenvalue weighted by atomic mass is 16.3. The Labute approximate surface area is 200 Å². The molecule has 0 spiro atoms. The molecule has 4 aliphatic carbocycles. The molecule has 0 amide bonds. The zero-order valence-corrected chi connectivity index (χ0v) is 21.5. The number of nitroso groups, excluding NO2 is 1. The summed E-state index contributed by atoms with van der Waals surface area (Å²) in [6.07, 6.45) is 12.0. The van der Waals surface area contributed by atoms with E-state index in [-0.39, 0.29) is 28.7 Å². The average molecular weight is 462 g/mol. The Bertz CT molecular complexity index is 710. The molecule has 0 aromatic rings. The first-order valence-electron chi connectivity index (χ1n) is 13.6. The zero-order valence-electron chi connectivity index (χ0n) is 21.5. The van der Waals surface area contributed by atoms with Gasteiger partial charge in [-0.25, -0.2) is 0 Å². The molecule has 0 aromatic carbocycles. The molecule has 11 atom stereocenters. The van der Waals surface area contributed by atoms with Gasteiger partial charge in [0, 0.05) is 0 Å². The summed E-state index contributed by atoms with van der Waals surface area (Å²) in [5, 5.41) is 25.9. The van der Waals surface area contributed by atoms with Crippen LogP contribution in [0.5, 0.6) is 0 Å². The van der Waals surface area contributed by atoms with Crippen molar-refractivity contribution >= 4 is 6.29 Å². The third-order valence-electron chi connectivity index (χ3n) is 10.6. The van der Waals surface area contributed by atoms with E-state index in [9.17, 15) is 19.9 Å². The van der Waals surface area contributed by atoms with E-state index in [1.165, 1.54) is 12.8 Å². The Balaban J connectivity index is 0.00000149. The maximum atomic E-state index is 11.4. The van der Waals surface area contributed by atoms with Crippen molar-refractivity contribution in [3.63, 3.8) is 0 Å². The molecule has 33 heavy (non-hydrogen) atoms. The largest absolute Gasteiger partial charge is 0.390 e. The van der Waals surface area contributed by atoms with Gasteiger partial charge >= 0.3 is 0 Å². The van der Waals surface area contributed by atoms with Gasteiger partial charge in [-0.3, -0.25) is 4.79 Å². The van der Waals surface area contributed by atoms with Crippen LogP contribution in [0.15, 0.2) is 17.3 Å². The van der Waals surface area contributed by atoms with Crippen LogP contribution in [0.3, 0.4) is 0 Å². The number of allylic oxidation sites excluding steroid dienone is 2. The van der Waals surface area contributed by atoms with Crippen LogP contribution >= 0.6 is 0 Å². The Morgan fingerprint density at radius 2 is 1.64 bits per heavy atom. The fraction of sp³-hybridized carbons (Fsp3) is 0.893. The molecule has 0 heterocycles. The van der Waals surface area contributed by atoms with Crippen molar-refractivity contribution in [2.24, 2.45) is 51.5 Å². The van der Waals surface area contributed by atoms with Crippen LogP contribution < -0.4 is 0 Å². The molecule has 2 N–H and O–H groups in total. The Hall–Kier alpha value is -1.07. The molecule has 4 saturated carbocycles. The summed E-state index contributed by atoms with van der Waals surface area (Å²) in [5.41, 5.74) is 0.204. The molecule has 4 aliphatic rings. The molecule has 11 unspecified atom stereocenters. The maximum absolute atomic E-state index is 11.4. The van der Waals surface area contributed by atoms with Crippen molar-refractivity contribution in [1.82, 2.24) is 0 Å². The summed E-state index contributed by atoms with van der Waals surface area (Å²) in [4.78, 5) is 21.7. The van der Waals surface area contributed by atoms with E-state index in [2.05, 4.69) is 25.9 Å². The van der Waals surface area contributed by atoms with Gasteiger partial charge in [0.05, 0.1) is 18.2 Å². The highest BCUT2D eigenvalue weighted by Crippen LogP contribution is 2.68. The highest BCUT2D eigenvalue weighted by Gasteiger charge is 2.65. The van der Waals surface area contributed by atoms with Crippen molar-refractivity contribution in [3.05, 3.63) is 17.1 Å². The summed E-state index contributed by atoms with van der Waals surface area (Å²) in [5.74, 6) is 2.23. The van der Waals surface area contributed by atoms with Gasteiger partial charge in [-0.15, -0.1) is 0 Å². The highest BCUT2D eigenvalue weighted by molar-refractivity contribution is 5.64. The van der Waals surface area contributed by atoms with Gasteiger partial charge < -0.3 is 10.2 Å². The van der Waals surface area contributed by atoms with Gasteiger partial charge in [-0.1, -0.05) is 45.9 Å². The van der Waals surface area contributed by atoms with Crippen LogP contribution in [0.25, 0.3) is 0 Å². The lowest BCUT2D eigenvalue weighted by molar-refractivity contribution is -0.216. The molecular weight excluding hydrogens is 414 g/mol. The van der Waals surface area contributed by atoms with E-state index in [1.807, 2.05) is 19.9 Å². The molecule has 5 nitrogen and oxygen atoms in total. The van der Waals surface area contributed by atoms with Crippen LogP contribution in [0.4, 0.5) is 0 Å². The van der Waals surface area contributed by atoms with Crippen molar-refractivity contribution in [1.29, 1.82) is 0 Å². The standard InChI is InChI=1S/C26H41NO4.C2H6/c1-16(7-5-4-6-14-28)18-8-9-19-22-20(11-13-25(18,19)2)26(3)12-10-17(27-31)15-21(26)23(29)24(22)30;1-2/h4,6,14,16-24,29-30H,5,7-13,15H2,1-3H3;1-2H3/b6-4+;. The Morgan fingerprint density at radius 1 is 0.970 bits per heavy atom. The van der Waals surface area contributed by atoms with E-state index in [0.717, 1.165) is 44.8 Å². The van der Waals surface area contributed by atoms with E-state index in [0.29, 0.717) is 30.1 Å². The maximum Gasteiger partial charge on any atom is 0.142 e. The second-order valence-corrected chi connectivity index (χ2v) is 11.8. The van der Waals surface area contributed by atoms with E-state index < -0.39 is 12.2 Å². The minimum Gasteiger partial charge on any atom is -0.390 e. The minimum absolute atomic E-state index is 0.00480. The quantitative estimate of drug-likeness (QED) is 0.292. The van der Waals surface area contributed by atoms with Gasteiger partial charge in [0.1, 0.15) is 6.29 Å². The third kappa shape index (κ3) is 4.49. The number of hydrogen-bond donors (Lipinski definition) is 2. The minimum atomic E-state index is -0.747. The van der Waals surface area contributed by atoms with Gasteiger partial charge in [-0.05, 0) is 110 Å². The van der Waals surface area contributed by atoms with E-state index in [4.69, 9.17) is 0 Å². The summed E-state index contributed by atoms with van der Waals surface area (Å²) < 4.78 is 0. The van der Waals surface area contributed by atoms with Crippen LogP contribution in [-0.2, 0) is 4.79 Å². The van der Waals surface area contributed by atoms with Crippen LogP contribution in [0.1, 0.15) is 92.4 Å². The lowest BCUT2D eigenvalue weighted by Crippen LogP contribution is -2.64. The van der Waals surface area contributed by atoms with Crippen molar-refractivity contribution in [2.45, 2.75) is 111 Å². The van der Waals surface area contributed by atoms with Crippen molar-refractivity contribution < 1.29 is 15.0 Å². The van der Waals surface area contributed by atoms with E-state index in [1.54, 1.807) is 6.08 Å². The number of hydrogen-bond acceptors (Lipinski definition) is 5. The monoisotopic (exact) mass is 461 g/mol. The van der Waals surface area contributed by atoms with Gasteiger partial charge in [0.25, 0.3) is 0 Å². The number of aliphatic hydroxyl groups is 2. The Morgan fingerprint density at radius 3 is 2.30 bits per heavy atom. The summed E-state index contributed by atoms with van der Waals surface area (Å²) >= 11 is 0. The van der Waals surface area contributed by atoms with Crippen molar-refractivity contribution in [2.75, 3.05) is 0 Å². The Kier molecular flexibility index (Phi) is 8.59. The van der Waals surface area contributed by atoms with Crippen molar-refractivity contribution in [3.8, 4) is 0 Å². The van der Waals surface area contributed by atoms with Crippen LogP contribution in [-0.4, -0.2) is 34.7 Å². The second kappa shape index (κ2) is 10.7. The number of aliphatic hydroxyl groups excluding tert-OH is 2. The number of aldehydes is 1. The lowest BCUT2D eigenvalue weighted by atomic mass is 9.43. The number of nitrogens with zero attached hydrogens (tertiary/aromatic N) is 1. The summed E-state index contributed by atoms with van der Waals surface area (Å²) in [6, 6.07) is -0.213. The summed E-state index contributed by atoms with van der Waals surface area (Å²) in [6.45, 7) is 11.1. The molecule has 4 fully saturated rings. The smallest absolute Gasteiger partial charge is 0.142 e. The molecule has 0 saturated heterocycles. The fourth-order valence-electron chi connectivity index (χ4n) is 9.02. The van der Waals surface area contributed by atoms with E-state index >= 15 is 0 Å².